The number of nitrogens with zero attached hydrogens (tertiary/aromatic N) is 1. The maximum atomic E-state index is 11.8. The van der Waals surface area contributed by atoms with Gasteiger partial charge in [-0.15, -0.1) is 0 Å². The second kappa shape index (κ2) is 8.72. The van der Waals surface area contributed by atoms with E-state index in [-0.39, 0.29) is 5.97 Å². The van der Waals surface area contributed by atoms with Crippen molar-refractivity contribution in [2.75, 3.05) is 27.4 Å². The zero-order chi connectivity index (χ0) is 15.0. The minimum Gasteiger partial charge on any atom is -0.465 e. The lowest BCUT2D eigenvalue weighted by molar-refractivity contribution is 0.0596. The van der Waals surface area contributed by atoms with Crippen LogP contribution in [0.1, 0.15) is 36.2 Å². The van der Waals surface area contributed by atoms with Crippen LogP contribution in [0.4, 0.5) is 0 Å². The van der Waals surface area contributed by atoms with Crippen LogP contribution in [0, 0.1) is 0 Å². The van der Waals surface area contributed by atoms with Gasteiger partial charge in [0.15, 0.2) is 0 Å². The number of hydrogen-bond acceptors (Lipinski definition) is 4. The molecule has 0 aliphatic rings. The molecule has 1 unspecified atom stereocenters. The summed E-state index contributed by atoms with van der Waals surface area (Å²) in [5, 5.41) is 0. The fraction of sp³-hybridized carbons (Fsp3) is 0.562. The van der Waals surface area contributed by atoms with Crippen molar-refractivity contribution in [3.63, 3.8) is 0 Å². The van der Waals surface area contributed by atoms with Gasteiger partial charge in [0.1, 0.15) is 0 Å². The molecule has 4 nitrogen and oxygen atoms in total. The van der Waals surface area contributed by atoms with E-state index in [0.717, 1.165) is 25.1 Å². The van der Waals surface area contributed by atoms with Crippen molar-refractivity contribution in [1.82, 2.24) is 4.90 Å². The summed E-state index contributed by atoms with van der Waals surface area (Å²) in [6.45, 7) is 6.61. The maximum absolute atomic E-state index is 11.8. The van der Waals surface area contributed by atoms with Gasteiger partial charge in [0.2, 0.25) is 0 Å². The number of hydrogen-bond donors (Lipinski definition) is 0. The molecule has 0 amide bonds. The number of esters is 1. The molecule has 112 valence electrons. The normalized spacial score (nSPS) is 12.4. The SMILES string of the molecule is CCC(C)N(CCOC)Cc1ccccc1C(=O)OC. The molecule has 4 heteroatoms. The molecule has 1 aromatic rings. The smallest absolute Gasteiger partial charge is 0.338 e. The van der Waals surface area contributed by atoms with Gasteiger partial charge in [-0.05, 0) is 25.0 Å². The van der Waals surface area contributed by atoms with Crippen molar-refractivity contribution in [1.29, 1.82) is 0 Å². The van der Waals surface area contributed by atoms with E-state index < -0.39 is 0 Å². The van der Waals surface area contributed by atoms with Crippen LogP contribution in [0.25, 0.3) is 0 Å². The monoisotopic (exact) mass is 279 g/mol. The first-order valence-corrected chi connectivity index (χ1v) is 7.03. The van der Waals surface area contributed by atoms with Gasteiger partial charge < -0.3 is 9.47 Å². The number of methoxy groups -OCH3 is 2. The summed E-state index contributed by atoms with van der Waals surface area (Å²) in [4.78, 5) is 14.1. The van der Waals surface area contributed by atoms with Crippen molar-refractivity contribution >= 4 is 5.97 Å². The van der Waals surface area contributed by atoms with E-state index in [1.807, 2.05) is 24.3 Å². The quantitative estimate of drug-likeness (QED) is 0.686. The first-order chi connectivity index (χ1) is 9.63. The largest absolute Gasteiger partial charge is 0.465 e. The second-order valence-corrected chi connectivity index (χ2v) is 4.87. The molecule has 0 saturated heterocycles. The summed E-state index contributed by atoms with van der Waals surface area (Å²) >= 11 is 0. The lowest BCUT2D eigenvalue weighted by atomic mass is 10.1. The van der Waals surface area contributed by atoms with Crippen molar-refractivity contribution in [3.05, 3.63) is 35.4 Å². The third kappa shape index (κ3) is 4.62. The van der Waals surface area contributed by atoms with Crippen LogP contribution in [0.15, 0.2) is 24.3 Å². The van der Waals surface area contributed by atoms with E-state index >= 15 is 0 Å². The van der Waals surface area contributed by atoms with Crippen LogP contribution in [0.3, 0.4) is 0 Å². The summed E-state index contributed by atoms with van der Waals surface area (Å²) in [6.07, 6.45) is 1.06. The molecule has 0 bridgehead atoms. The number of rotatable bonds is 8. The highest BCUT2D eigenvalue weighted by atomic mass is 16.5. The molecular formula is C16H25NO3. The topological polar surface area (TPSA) is 38.8 Å². The Hall–Kier alpha value is -1.39. The first kappa shape index (κ1) is 16.7. The standard InChI is InChI=1S/C16H25NO3/c1-5-13(2)17(10-11-19-3)12-14-8-6-7-9-15(14)16(18)20-4/h6-9,13H,5,10-12H2,1-4H3. The Morgan fingerprint density at radius 2 is 2.00 bits per heavy atom. The Labute approximate surface area is 121 Å². The Balaban J connectivity index is 2.89. The predicted molar refractivity (Wildman–Crippen MR) is 79.8 cm³/mol. The highest BCUT2D eigenvalue weighted by Gasteiger charge is 2.17. The lowest BCUT2D eigenvalue weighted by Crippen LogP contribution is -2.35. The summed E-state index contributed by atoms with van der Waals surface area (Å²) in [7, 11) is 3.12. The Kier molecular flexibility index (Phi) is 7.26. The molecule has 1 aromatic carbocycles. The Morgan fingerprint density at radius 1 is 1.30 bits per heavy atom. The molecule has 0 aromatic heterocycles. The number of carbonyl (C=O) groups excluding carboxylic acids is 1. The lowest BCUT2D eigenvalue weighted by Gasteiger charge is -2.28. The van der Waals surface area contributed by atoms with Gasteiger partial charge >= 0.3 is 5.97 Å². The maximum Gasteiger partial charge on any atom is 0.338 e. The second-order valence-electron chi connectivity index (χ2n) is 4.87. The van der Waals surface area contributed by atoms with Crippen LogP contribution in [-0.2, 0) is 16.0 Å². The third-order valence-electron chi connectivity index (χ3n) is 3.59. The molecule has 0 spiro atoms. The number of carbonyl (C=O) groups is 1. The van der Waals surface area contributed by atoms with Crippen LogP contribution in [-0.4, -0.2) is 44.3 Å². The van der Waals surface area contributed by atoms with Gasteiger partial charge in [0.05, 0.1) is 19.3 Å². The highest BCUT2D eigenvalue weighted by Crippen LogP contribution is 2.15. The summed E-state index contributed by atoms with van der Waals surface area (Å²) in [6, 6.07) is 8.04. The van der Waals surface area contributed by atoms with E-state index in [0.29, 0.717) is 18.2 Å². The zero-order valence-electron chi connectivity index (χ0n) is 12.9. The molecule has 0 aliphatic heterocycles. The molecule has 0 radical (unpaired) electrons. The van der Waals surface area contributed by atoms with Crippen LogP contribution >= 0.6 is 0 Å². The average Bonchev–Trinajstić information content (AvgIpc) is 2.50. The van der Waals surface area contributed by atoms with Crippen molar-refractivity contribution in [3.8, 4) is 0 Å². The van der Waals surface area contributed by atoms with Crippen LogP contribution in [0.5, 0.6) is 0 Å². The van der Waals surface area contributed by atoms with Crippen molar-refractivity contribution in [2.45, 2.75) is 32.9 Å². The molecule has 1 atom stereocenters. The zero-order valence-corrected chi connectivity index (χ0v) is 12.9. The summed E-state index contributed by atoms with van der Waals surface area (Å²) in [5.41, 5.74) is 1.64. The van der Waals surface area contributed by atoms with Gasteiger partial charge in [-0.1, -0.05) is 25.1 Å². The first-order valence-electron chi connectivity index (χ1n) is 7.03. The summed E-state index contributed by atoms with van der Waals surface area (Å²) in [5.74, 6) is -0.281. The summed E-state index contributed by atoms with van der Waals surface area (Å²) < 4.78 is 10.0. The van der Waals surface area contributed by atoms with E-state index in [1.54, 1.807) is 7.11 Å². The molecule has 0 aliphatic carbocycles. The average molecular weight is 279 g/mol. The van der Waals surface area contributed by atoms with E-state index in [1.165, 1.54) is 7.11 Å². The van der Waals surface area contributed by atoms with Gasteiger partial charge in [0.25, 0.3) is 0 Å². The van der Waals surface area contributed by atoms with E-state index in [2.05, 4.69) is 18.7 Å². The van der Waals surface area contributed by atoms with Gasteiger partial charge in [-0.3, -0.25) is 4.90 Å². The third-order valence-corrected chi connectivity index (χ3v) is 3.59. The molecule has 0 heterocycles. The van der Waals surface area contributed by atoms with Gasteiger partial charge in [0, 0.05) is 26.2 Å². The number of ether oxygens (including phenoxy) is 2. The number of benzene rings is 1. The molecule has 0 saturated carbocycles. The Morgan fingerprint density at radius 3 is 2.60 bits per heavy atom. The fourth-order valence-corrected chi connectivity index (χ4v) is 2.11. The minimum absolute atomic E-state index is 0.281. The predicted octanol–water partition coefficient (Wildman–Crippen LogP) is 2.72. The van der Waals surface area contributed by atoms with Crippen molar-refractivity contribution in [2.24, 2.45) is 0 Å². The fourth-order valence-electron chi connectivity index (χ4n) is 2.11. The van der Waals surface area contributed by atoms with Crippen LogP contribution in [0.2, 0.25) is 0 Å². The Bertz CT molecular complexity index is 420. The van der Waals surface area contributed by atoms with E-state index in [9.17, 15) is 4.79 Å². The van der Waals surface area contributed by atoms with E-state index in [4.69, 9.17) is 9.47 Å². The van der Waals surface area contributed by atoms with Crippen LogP contribution < -0.4 is 0 Å². The van der Waals surface area contributed by atoms with Gasteiger partial charge in [-0.25, -0.2) is 4.79 Å². The molecular weight excluding hydrogens is 254 g/mol. The van der Waals surface area contributed by atoms with Gasteiger partial charge in [-0.2, -0.15) is 0 Å². The highest BCUT2D eigenvalue weighted by molar-refractivity contribution is 5.90. The molecule has 1 rings (SSSR count). The molecule has 0 fully saturated rings. The minimum atomic E-state index is -0.281. The van der Waals surface area contributed by atoms with Crippen molar-refractivity contribution < 1.29 is 14.3 Å². The molecule has 0 N–H and O–H groups in total. The molecule has 20 heavy (non-hydrogen) atoms.